The average molecular weight is 391 g/mol. The molecule has 0 saturated carbocycles. The number of benzene rings is 2. The number of esters is 1. The molecule has 6 heteroatoms. The van der Waals surface area contributed by atoms with Crippen LogP contribution in [-0.2, 0) is 25.7 Å². The quantitative estimate of drug-likeness (QED) is 0.579. The number of nitrogens with zero attached hydrogens (tertiary/aromatic N) is 1. The van der Waals surface area contributed by atoms with E-state index in [2.05, 4.69) is 0 Å². The van der Waals surface area contributed by atoms with Crippen molar-refractivity contribution in [2.75, 3.05) is 18.6 Å². The van der Waals surface area contributed by atoms with Crippen molar-refractivity contribution in [3.05, 3.63) is 72.3 Å². The molecule has 2 saturated heterocycles. The molecule has 2 aromatic carbocycles. The number of rotatable bonds is 5. The van der Waals surface area contributed by atoms with E-state index in [-0.39, 0.29) is 18.5 Å². The number of amides is 1. The van der Waals surface area contributed by atoms with Crippen LogP contribution in [0.3, 0.4) is 0 Å². The summed E-state index contributed by atoms with van der Waals surface area (Å²) < 4.78 is 16.9. The standard InChI is InChI=1S/C23H21NO5/c1-27-17-9-7-16(8-10-17)24-14-23-12-11-18(29-23)19(20(23)21(24)25)22(26)28-13-15-5-3-2-4-6-15/h2-12,18-20H,13-14H2,1H3/t18-,19?,20-,23?/m1/s1. The zero-order valence-electron chi connectivity index (χ0n) is 16.0. The fourth-order valence-corrected chi connectivity index (χ4v) is 4.57. The van der Waals surface area contributed by atoms with Gasteiger partial charge in [0.1, 0.15) is 23.9 Å². The summed E-state index contributed by atoms with van der Waals surface area (Å²) in [4.78, 5) is 27.9. The minimum atomic E-state index is -0.766. The second-order valence-corrected chi connectivity index (χ2v) is 7.62. The van der Waals surface area contributed by atoms with Crippen LogP contribution in [0.25, 0.3) is 0 Å². The number of ether oxygens (including phenoxy) is 3. The van der Waals surface area contributed by atoms with Crippen LogP contribution < -0.4 is 9.64 Å². The summed E-state index contributed by atoms with van der Waals surface area (Å²) in [6, 6.07) is 16.8. The van der Waals surface area contributed by atoms with Crippen LogP contribution >= 0.6 is 0 Å². The van der Waals surface area contributed by atoms with Gasteiger partial charge in [0.05, 0.1) is 25.7 Å². The normalized spacial score (nSPS) is 29.2. The van der Waals surface area contributed by atoms with Crippen molar-refractivity contribution in [2.24, 2.45) is 11.8 Å². The van der Waals surface area contributed by atoms with Gasteiger partial charge in [-0.15, -0.1) is 0 Å². The van der Waals surface area contributed by atoms with Gasteiger partial charge in [-0.1, -0.05) is 42.5 Å². The van der Waals surface area contributed by atoms with E-state index in [1.54, 1.807) is 12.0 Å². The minimum absolute atomic E-state index is 0.108. The zero-order valence-corrected chi connectivity index (χ0v) is 16.0. The van der Waals surface area contributed by atoms with E-state index in [1.165, 1.54) is 0 Å². The van der Waals surface area contributed by atoms with Crippen molar-refractivity contribution in [3.63, 3.8) is 0 Å². The highest BCUT2D eigenvalue weighted by Crippen LogP contribution is 2.53. The Morgan fingerprint density at radius 2 is 1.93 bits per heavy atom. The second kappa shape index (κ2) is 6.74. The molecule has 2 unspecified atom stereocenters. The van der Waals surface area contributed by atoms with Crippen LogP contribution in [0.1, 0.15) is 5.56 Å². The predicted molar refractivity (Wildman–Crippen MR) is 105 cm³/mol. The summed E-state index contributed by atoms with van der Waals surface area (Å²) >= 11 is 0. The highest BCUT2D eigenvalue weighted by atomic mass is 16.6. The van der Waals surface area contributed by atoms with E-state index < -0.39 is 23.5 Å². The van der Waals surface area contributed by atoms with Crippen LogP contribution in [0.4, 0.5) is 5.69 Å². The molecule has 5 rings (SSSR count). The summed E-state index contributed by atoms with van der Waals surface area (Å²) in [7, 11) is 1.60. The number of methoxy groups -OCH3 is 1. The zero-order chi connectivity index (χ0) is 20.0. The fourth-order valence-electron chi connectivity index (χ4n) is 4.57. The number of carbonyl (C=O) groups is 2. The Kier molecular flexibility index (Phi) is 4.17. The molecule has 2 bridgehead atoms. The molecule has 2 fully saturated rings. The third-order valence-electron chi connectivity index (χ3n) is 5.98. The Morgan fingerprint density at radius 1 is 1.17 bits per heavy atom. The smallest absolute Gasteiger partial charge is 0.313 e. The summed E-state index contributed by atoms with van der Waals surface area (Å²) in [6.45, 7) is 0.570. The van der Waals surface area contributed by atoms with E-state index in [4.69, 9.17) is 14.2 Å². The first kappa shape index (κ1) is 17.9. The molecular weight excluding hydrogens is 370 g/mol. The maximum Gasteiger partial charge on any atom is 0.313 e. The molecule has 1 spiro atoms. The Morgan fingerprint density at radius 3 is 2.66 bits per heavy atom. The first-order valence-electron chi connectivity index (χ1n) is 9.64. The lowest BCUT2D eigenvalue weighted by Gasteiger charge is -2.22. The topological polar surface area (TPSA) is 65.1 Å². The molecule has 0 radical (unpaired) electrons. The summed E-state index contributed by atoms with van der Waals surface area (Å²) in [5.41, 5.74) is 0.905. The highest BCUT2D eigenvalue weighted by Gasteiger charge is 2.67. The van der Waals surface area contributed by atoms with Crippen LogP contribution in [-0.4, -0.2) is 37.2 Å². The first-order valence-corrected chi connectivity index (χ1v) is 9.64. The molecule has 4 atom stereocenters. The van der Waals surface area contributed by atoms with Gasteiger partial charge in [0, 0.05) is 5.69 Å². The molecule has 148 valence electrons. The summed E-state index contributed by atoms with van der Waals surface area (Å²) in [5, 5.41) is 0. The average Bonchev–Trinajstić information content (AvgIpc) is 3.41. The van der Waals surface area contributed by atoms with Crippen molar-refractivity contribution in [3.8, 4) is 5.75 Å². The molecule has 0 aromatic heterocycles. The van der Waals surface area contributed by atoms with Gasteiger partial charge in [0.25, 0.3) is 0 Å². The second-order valence-electron chi connectivity index (χ2n) is 7.62. The van der Waals surface area contributed by atoms with Gasteiger partial charge in [0.2, 0.25) is 5.91 Å². The molecule has 1 amide bonds. The predicted octanol–water partition coefficient (Wildman–Crippen LogP) is 2.73. The van der Waals surface area contributed by atoms with Crippen LogP contribution in [0.15, 0.2) is 66.7 Å². The fraction of sp³-hybridized carbons (Fsp3) is 0.304. The van der Waals surface area contributed by atoms with E-state index in [0.29, 0.717) is 6.54 Å². The van der Waals surface area contributed by atoms with Gasteiger partial charge in [-0.25, -0.2) is 0 Å². The lowest BCUT2D eigenvalue weighted by atomic mass is 9.77. The lowest BCUT2D eigenvalue weighted by Crippen LogP contribution is -2.40. The Balaban J connectivity index is 1.37. The van der Waals surface area contributed by atoms with Crippen molar-refractivity contribution < 1.29 is 23.8 Å². The summed E-state index contributed by atoms with van der Waals surface area (Å²) in [5.74, 6) is -0.968. The third kappa shape index (κ3) is 2.83. The van der Waals surface area contributed by atoms with Gasteiger partial charge in [-0.05, 0) is 29.8 Å². The summed E-state index contributed by atoms with van der Waals surface area (Å²) in [6.07, 6.45) is 3.41. The minimum Gasteiger partial charge on any atom is -0.497 e. The van der Waals surface area contributed by atoms with Gasteiger partial charge in [-0.2, -0.15) is 0 Å². The van der Waals surface area contributed by atoms with Crippen LogP contribution in [0.2, 0.25) is 0 Å². The van der Waals surface area contributed by atoms with Gasteiger partial charge in [-0.3, -0.25) is 9.59 Å². The molecular formula is C23H21NO5. The molecule has 2 aromatic rings. The van der Waals surface area contributed by atoms with E-state index in [1.807, 2.05) is 66.7 Å². The van der Waals surface area contributed by atoms with Crippen molar-refractivity contribution in [2.45, 2.75) is 18.3 Å². The monoisotopic (exact) mass is 391 g/mol. The van der Waals surface area contributed by atoms with E-state index in [0.717, 1.165) is 17.0 Å². The molecule has 3 aliphatic heterocycles. The largest absolute Gasteiger partial charge is 0.497 e. The number of fused-ring (bicyclic) bond motifs is 1. The van der Waals surface area contributed by atoms with Crippen molar-refractivity contribution in [1.29, 1.82) is 0 Å². The number of hydrogen-bond acceptors (Lipinski definition) is 5. The first-order chi connectivity index (χ1) is 14.1. The SMILES string of the molecule is COc1ccc(N2CC34C=C[C@@H](O3)C(C(=O)OCc3ccccc3)[C@@H]4C2=O)cc1. The molecule has 0 N–H and O–H groups in total. The highest BCUT2D eigenvalue weighted by molar-refractivity contribution is 6.02. The Labute approximate surface area is 168 Å². The van der Waals surface area contributed by atoms with E-state index >= 15 is 0 Å². The molecule has 29 heavy (non-hydrogen) atoms. The number of anilines is 1. The van der Waals surface area contributed by atoms with Crippen molar-refractivity contribution in [1.82, 2.24) is 0 Å². The maximum absolute atomic E-state index is 13.3. The van der Waals surface area contributed by atoms with E-state index in [9.17, 15) is 9.59 Å². The van der Waals surface area contributed by atoms with Crippen LogP contribution in [0, 0.1) is 11.8 Å². The van der Waals surface area contributed by atoms with Gasteiger partial charge in [0.15, 0.2) is 0 Å². The van der Waals surface area contributed by atoms with Crippen molar-refractivity contribution >= 4 is 17.6 Å². The Bertz CT molecular complexity index is 971. The molecule has 0 aliphatic carbocycles. The maximum atomic E-state index is 13.3. The molecule has 6 nitrogen and oxygen atoms in total. The molecule has 3 aliphatic rings. The lowest BCUT2D eigenvalue weighted by molar-refractivity contribution is -0.153. The van der Waals surface area contributed by atoms with Gasteiger partial charge < -0.3 is 19.1 Å². The van der Waals surface area contributed by atoms with Crippen LogP contribution in [0.5, 0.6) is 5.75 Å². The Hall–Kier alpha value is -3.12. The molecule has 3 heterocycles. The van der Waals surface area contributed by atoms with Gasteiger partial charge >= 0.3 is 5.97 Å². The number of hydrogen-bond donors (Lipinski definition) is 0. The number of carbonyl (C=O) groups excluding carboxylic acids is 2. The third-order valence-corrected chi connectivity index (χ3v) is 5.98.